The Kier molecular flexibility index (Phi) is 3.65. The first-order valence-corrected chi connectivity index (χ1v) is 7.31. The predicted molar refractivity (Wildman–Crippen MR) is 78.5 cm³/mol. The Bertz CT molecular complexity index is 493. The zero-order chi connectivity index (χ0) is 15.1. The van der Waals surface area contributed by atoms with Crippen molar-refractivity contribution in [1.29, 1.82) is 0 Å². The summed E-state index contributed by atoms with van der Waals surface area (Å²) in [6, 6.07) is 0. The summed E-state index contributed by atoms with van der Waals surface area (Å²) in [6.45, 7) is 14.5. The van der Waals surface area contributed by atoms with E-state index in [-0.39, 0.29) is 16.7 Å². The van der Waals surface area contributed by atoms with Gasteiger partial charge in [-0.3, -0.25) is 9.89 Å². The third-order valence-electron chi connectivity index (χ3n) is 4.09. The highest BCUT2D eigenvalue weighted by Crippen LogP contribution is 2.33. The second-order valence-corrected chi connectivity index (χ2v) is 7.86. The van der Waals surface area contributed by atoms with E-state index in [0.717, 1.165) is 25.3 Å². The molecule has 1 aromatic heterocycles. The quantitative estimate of drug-likeness (QED) is 0.859. The van der Waals surface area contributed by atoms with Gasteiger partial charge in [0.2, 0.25) is 5.82 Å². The molecule has 112 valence electrons. The maximum absolute atomic E-state index is 12.4. The molecule has 0 spiro atoms. The van der Waals surface area contributed by atoms with Crippen LogP contribution in [0.1, 0.15) is 64.4 Å². The molecule has 0 bridgehead atoms. The Morgan fingerprint density at radius 1 is 1.25 bits per heavy atom. The number of H-pyrrole nitrogens is 1. The molecule has 2 heterocycles. The zero-order valence-corrected chi connectivity index (χ0v) is 13.4. The van der Waals surface area contributed by atoms with E-state index in [4.69, 9.17) is 0 Å². The van der Waals surface area contributed by atoms with Gasteiger partial charge in [0.25, 0.3) is 5.91 Å². The van der Waals surface area contributed by atoms with Gasteiger partial charge in [0.05, 0.1) is 0 Å². The number of carbonyl (C=O) groups excluding carboxylic acids is 1. The summed E-state index contributed by atoms with van der Waals surface area (Å²) in [5, 5.41) is 6.97. The molecular weight excluding hydrogens is 252 g/mol. The van der Waals surface area contributed by atoms with Crippen LogP contribution in [0.15, 0.2) is 0 Å². The van der Waals surface area contributed by atoms with E-state index in [1.54, 1.807) is 0 Å². The van der Waals surface area contributed by atoms with Crippen LogP contribution in [0.3, 0.4) is 0 Å². The molecule has 1 saturated heterocycles. The van der Waals surface area contributed by atoms with Gasteiger partial charge in [-0.25, -0.2) is 4.98 Å². The van der Waals surface area contributed by atoms with E-state index in [1.165, 1.54) is 0 Å². The lowest BCUT2D eigenvalue weighted by atomic mass is 9.80. The number of aromatic amines is 1. The van der Waals surface area contributed by atoms with Crippen LogP contribution in [0, 0.1) is 11.3 Å². The van der Waals surface area contributed by atoms with Crippen LogP contribution in [0.4, 0.5) is 0 Å². The molecular formula is C15H26N4O. The highest BCUT2D eigenvalue weighted by molar-refractivity contribution is 5.90. The van der Waals surface area contributed by atoms with E-state index < -0.39 is 0 Å². The average Bonchev–Trinajstić information content (AvgIpc) is 2.96. The minimum absolute atomic E-state index is 0.0523. The second kappa shape index (κ2) is 4.86. The Balaban J connectivity index is 2.08. The van der Waals surface area contributed by atoms with Crippen LogP contribution in [-0.4, -0.2) is 39.1 Å². The fourth-order valence-corrected chi connectivity index (χ4v) is 2.49. The topological polar surface area (TPSA) is 61.9 Å². The molecule has 1 fully saturated rings. The minimum Gasteiger partial charge on any atom is -0.336 e. The molecule has 1 aliphatic rings. The van der Waals surface area contributed by atoms with E-state index >= 15 is 0 Å². The second-order valence-electron chi connectivity index (χ2n) is 7.86. The van der Waals surface area contributed by atoms with Gasteiger partial charge in [-0.1, -0.05) is 41.5 Å². The van der Waals surface area contributed by atoms with Crippen molar-refractivity contribution in [2.45, 2.75) is 53.4 Å². The van der Waals surface area contributed by atoms with Gasteiger partial charge in [0.15, 0.2) is 0 Å². The molecule has 0 saturated carbocycles. The molecule has 0 aliphatic carbocycles. The Hall–Kier alpha value is -1.39. The molecule has 0 radical (unpaired) electrons. The fraction of sp³-hybridized carbons (Fsp3) is 0.800. The summed E-state index contributed by atoms with van der Waals surface area (Å²) in [6.07, 6.45) is 1.06. The molecule has 5 heteroatoms. The van der Waals surface area contributed by atoms with E-state index in [9.17, 15) is 4.79 Å². The van der Waals surface area contributed by atoms with Gasteiger partial charge < -0.3 is 4.90 Å². The van der Waals surface area contributed by atoms with Crippen molar-refractivity contribution in [3.8, 4) is 0 Å². The summed E-state index contributed by atoms with van der Waals surface area (Å²) in [4.78, 5) is 18.7. The average molecular weight is 278 g/mol. The Morgan fingerprint density at radius 3 is 2.35 bits per heavy atom. The number of likely N-dealkylation sites (tertiary alicyclic amines) is 1. The molecule has 1 aromatic rings. The lowest BCUT2D eigenvalue weighted by molar-refractivity contribution is 0.0765. The van der Waals surface area contributed by atoms with E-state index in [2.05, 4.69) is 36.0 Å². The molecule has 1 amide bonds. The smallest absolute Gasteiger partial charge is 0.293 e. The van der Waals surface area contributed by atoms with Crippen LogP contribution < -0.4 is 0 Å². The van der Waals surface area contributed by atoms with Crippen molar-refractivity contribution in [2.24, 2.45) is 11.3 Å². The third-order valence-corrected chi connectivity index (χ3v) is 4.09. The molecule has 1 atom stereocenters. The molecule has 2 rings (SSSR count). The number of aromatic nitrogens is 3. The maximum Gasteiger partial charge on any atom is 0.293 e. The molecule has 1 N–H and O–H groups in total. The van der Waals surface area contributed by atoms with E-state index in [1.807, 2.05) is 25.7 Å². The van der Waals surface area contributed by atoms with Crippen molar-refractivity contribution < 1.29 is 4.79 Å². The molecule has 1 aliphatic heterocycles. The first-order valence-electron chi connectivity index (χ1n) is 7.31. The van der Waals surface area contributed by atoms with Crippen molar-refractivity contribution in [3.63, 3.8) is 0 Å². The Morgan fingerprint density at radius 2 is 1.90 bits per heavy atom. The van der Waals surface area contributed by atoms with Gasteiger partial charge in [0.1, 0.15) is 5.82 Å². The van der Waals surface area contributed by atoms with Crippen molar-refractivity contribution in [1.82, 2.24) is 20.1 Å². The van der Waals surface area contributed by atoms with Crippen LogP contribution in [0.2, 0.25) is 0 Å². The number of amides is 1. The van der Waals surface area contributed by atoms with Gasteiger partial charge in [-0.2, -0.15) is 0 Å². The summed E-state index contributed by atoms with van der Waals surface area (Å²) in [7, 11) is 0. The largest absolute Gasteiger partial charge is 0.336 e. The van der Waals surface area contributed by atoms with Crippen LogP contribution in [0.25, 0.3) is 0 Å². The van der Waals surface area contributed by atoms with Crippen LogP contribution in [0.5, 0.6) is 0 Å². The molecule has 0 aromatic carbocycles. The third kappa shape index (κ3) is 3.02. The van der Waals surface area contributed by atoms with Crippen LogP contribution >= 0.6 is 0 Å². The standard InChI is InChI=1S/C15H26N4O/c1-14(2,3)10-7-8-19(9-10)12(20)11-16-13(18-17-11)15(4,5)6/h10H,7-9H2,1-6H3,(H,16,17,18). The Labute approximate surface area is 121 Å². The van der Waals surface area contributed by atoms with Gasteiger partial charge in [0, 0.05) is 18.5 Å². The number of rotatable bonds is 1. The highest BCUT2D eigenvalue weighted by atomic mass is 16.2. The van der Waals surface area contributed by atoms with Crippen molar-refractivity contribution >= 4 is 5.91 Å². The van der Waals surface area contributed by atoms with E-state index in [0.29, 0.717) is 11.7 Å². The first kappa shape index (κ1) is 15.0. The monoisotopic (exact) mass is 278 g/mol. The van der Waals surface area contributed by atoms with Gasteiger partial charge >= 0.3 is 0 Å². The molecule has 5 nitrogen and oxygen atoms in total. The number of carbonyl (C=O) groups is 1. The predicted octanol–water partition coefficient (Wildman–Crippen LogP) is 2.61. The van der Waals surface area contributed by atoms with Crippen molar-refractivity contribution in [3.05, 3.63) is 11.6 Å². The zero-order valence-electron chi connectivity index (χ0n) is 13.4. The molecule has 20 heavy (non-hydrogen) atoms. The maximum atomic E-state index is 12.4. The first-order chi connectivity index (χ1) is 9.09. The number of hydrogen-bond donors (Lipinski definition) is 1. The number of nitrogens with one attached hydrogen (secondary N) is 1. The van der Waals surface area contributed by atoms with Gasteiger partial charge in [-0.15, -0.1) is 5.10 Å². The SMILES string of the molecule is CC(C)(C)c1nc(C(=O)N2CCC(C(C)(C)C)C2)n[nH]1. The minimum atomic E-state index is -0.121. The normalized spacial score (nSPS) is 20.5. The lowest BCUT2D eigenvalue weighted by Gasteiger charge is -2.26. The summed E-state index contributed by atoms with van der Waals surface area (Å²) in [5.41, 5.74) is 0.120. The number of hydrogen-bond acceptors (Lipinski definition) is 3. The summed E-state index contributed by atoms with van der Waals surface area (Å²) < 4.78 is 0. The van der Waals surface area contributed by atoms with Crippen LogP contribution in [-0.2, 0) is 5.41 Å². The van der Waals surface area contributed by atoms with Gasteiger partial charge in [-0.05, 0) is 17.8 Å². The lowest BCUT2D eigenvalue weighted by Crippen LogP contribution is -2.32. The summed E-state index contributed by atoms with van der Waals surface area (Å²) in [5.74, 6) is 1.55. The highest BCUT2D eigenvalue weighted by Gasteiger charge is 2.35. The summed E-state index contributed by atoms with van der Waals surface area (Å²) >= 11 is 0. The van der Waals surface area contributed by atoms with Crippen molar-refractivity contribution in [2.75, 3.05) is 13.1 Å². The molecule has 1 unspecified atom stereocenters. The fourth-order valence-electron chi connectivity index (χ4n) is 2.49. The number of nitrogens with zero attached hydrogens (tertiary/aromatic N) is 3.